The molecule has 4 nitrogen and oxygen atoms in total. The Balaban J connectivity index is 2.03. The third kappa shape index (κ3) is 3.09. The summed E-state index contributed by atoms with van der Waals surface area (Å²) in [6.45, 7) is 0. The molecule has 0 atom stereocenters. The first kappa shape index (κ1) is 15.6. The summed E-state index contributed by atoms with van der Waals surface area (Å²) in [6.07, 6.45) is 1.65. The number of carbonyl (C=O) groups excluding carboxylic acids is 1. The van der Waals surface area contributed by atoms with E-state index in [2.05, 4.69) is 10.3 Å². The summed E-state index contributed by atoms with van der Waals surface area (Å²) in [6, 6.07) is 11.9. The van der Waals surface area contributed by atoms with Gasteiger partial charge in [-0.3, -0.25) is 9.78 Å². The van der Waals surface area contributed by atoms with Crippen LogP contribution >= 0.6 is 23.2 Å². The Bertz CT molecular complexity index is 897. The van der Waals surface area contributed by atoms with E-state index in [-0.39, 0.29) is 5.91 Å². The van der Waals surface area contributed by atoms with Crippen molar-refractivity contribution < 1.29 is 9.53 Å². The summed E-state index contributed by atoms with van der Waals surface area (Å²) >= 11 is 12.0. The van der Waals surface area contributed by atoms with E-state index < -0.39 is 0 Å². The van der Waals surface area contributed by atoms with Crippen molar-refractivity contribution >= 4 is 45.7 Å². The second kappa shape index (κ2) is 6.44. The number of halogens is 2. The number of benzene rings is 2. The summed E-state index contributed by atoms with van der Waals surface area (Å²) in [5, 5.41) is 4.38. The summed E-state index contributed by atoms with van der Waals surface area (Å²) < 4.78 is 5.28. The molecule has 0 unspecified atom stereocenters. The smallest absolute Gasteiger partial charge is 0.256 e. The van der Waals surface area contributed by atoms with Crippen molar-refractivity contribution in [2.45, 2.75) is 0 Å². The fraction of sp³-hybridized carbons (Fsp3) is 0.0588. The number of amides is 1. The third-order valence-corrected chi connectivity index (χ3v) is 3.94. The maximum absolute atomic E-state index is 12.6. The molecule has 1 amide bonds. The molecule has 0 saturated carbocycles. The van der Waals surface area contributed by atoms with Gasteiger partial charge < -0.3 is 10.1 Å². The predicted molar refractivity (Wildman–Crippen MR) is 92.7 cm³/mol. The van der Waals surface area contributed by atoms with Gasteiger partial charge in [-0.05, 0) is 36.4 Å². The SMILES string of the molecule is COc1ccc(C(=O)Nc2cc(Cl)ccc2Cl)c2cccnc12. The molecule has 1 heterocycles. The molecule has 116 valence electrons. The minimum atomic E-state index is -0.296. The lowest BCUT2D eigenvalue weighted by Crippen LogP contribution is -2.13. The zero-order chi connectivity index (χ0) is 16.4. The van der Waals surface area contributed by atoms with Crippen LogP contribution in [0.5, 0.6) is 5.75 Å². The first-order valence-corrected chi connectivity index (χ1v) is 7.54. The Kier molecular flexibility index (Phi) is 4.37. The van der Waals surface area contributed by atoms with Crippen LogP contribution < -0.4 is 10.1 Å². The normalized spacial score (nSPS) is 10.6. The molecule has 0 saturated heterocycles. The molecule has 0 bridgehead atoms. The second-order valence-corrected chi connectivity index (χ2v) is 5.64. The molecule has 6 heteroatoms. The highest BCUT2D eigenvalue weighted by molar-refractivity contribution is 6.36. The number of carbonyl (C=O) groups is 1. The van der Waals surface area contributed by atoms with Crippen LogP contribution in [0.3, 0.4) is 0 Å². The number of methoxy groups -OCH3 is 1. The molecular weight excluding hydrogens is 335 g/mol. The lowest BCUT2D eigenvalue weighted by Gasteiger charge is -2.11. The standard InChI is InChI=1S/C17H12Cl2N2O2/c1-23-15-7-5-12(11-3-2-8-20-16(11)15)17(22)21-14-9-10(18)4-6-13(14)19/h2-9H,1H3,(H,21,22). The third-order valence-electron chi connectivity index (χ3n) is 3.37. The van der Waals surface area contributed by atoms with E-state index in [9.17, 15) is 4.79 Å². The largest absolute Gasteiger partial charge is 0.494 e. The molecule has 0 spiro atoms. The van der Waals surface area contributed by atoms with E-state index in [1.807, 2.05) is 6.07 Å². The van der Waals surface area contributed by atoms with Crippen molar-refractivity contribution in [3.05, 3.63) is 64.3 Å². The van der Waals surface area contributed by atoms with Crippen LogP contribution in [-0.4, -0.2) is 18.0 Å². The lowest BCUT2D eigenvalue weighted by atomic mass is 10.1. The Labute approximate surface area is 143 Å². The van der Waals surface area contributed by atoms with Crippen molar-refractivity contribution in [3.8, 4) is 5.75 Å². The van der Waals surface area contributed by atoms with Crippen molar-refractivity contribution in [1.82, 2.24) is 4.98 Å². The lowest BCUT2D eigenvalue weighted by molar-refractivity contribution is 0.102. The molecular formula is C17H12Cl2N2O2. The Morgan fingerprint density at radius 2 is 2.00 bits per heavy atom. The van der Waals surface area contributed by atoms with Gasteiger partial charge in [-0.25, -0.2) is 0 Å². The molecule has 0 aliphatic rings. The van der Waals surface area contributed by atoms with Crippen LogP contribution in [0.2, 0.25) is 10.0 Å². The van der Waals surface area contributed by atoms with E-state index in [1.165, 1.54) is 0 Å². The number of nitrogens with one attached hydrogen (secondary N) is 1. The monoisotopic (exact) mass is 346 g/mol. The zero-order valence-electron chi connectivity index (χ0n) is 12.1. The molecule has 0 aliphatic heterocycles. The van der Waals surface area contributed by atoms with Crippen molar-refractivity contribution in [1.29, 1.82) is 0 Å². The number of aromatic nitrogens is 1. The molecule has 0 fully saturated rings. The van der Waals surface area contributed by atoms with Gasteiger partial charge in [0.2, 0.25) is 0 Å². The number of nitrogens with zero attached hydrogens (tertiary/aromatic N) is 1. The van der Waals surface area contributed by atoms with E-state index >= 15 is 0 Å². The van der Waals surface area contributed by atoms with Gasteiger partial charge in [0.05, 0.1) is 17.8 Å². The van der Waals surface area contributed by atoms with Gasteiger partial charge in [-0.1, -0.05) is 29.3 Å². The highest BCUT2D eigenvalue weighted by Gasteiger charge is 2.15. The van der Waals surface area contributed by atoms with Crippen molar-refractivity contribution in [2.75, 3.05) is 12.4 Å². The first-order valence-electron chi connectivity index (χ1n) is 6.78. The van der Waals surface area contributed by atoms with Crippen LogP contribution in [-0.2, 0) is 0 Å². The van der Waals surface area contributed by atoms with Crippen molar-refractivity contribution in [2.24, 2.45) is 0 Å². The van der Waals surface area contributed by atoms with Crippen LogP contribution in [0.1, 0.15) is 10.4 Å². The molecule has 0 aliphatic carbocycles. The average Bonchev–Trinajstić information content (AvgIpc) is 2.57. The molecule has 1 aromatic heterocycles. The topological polar surface area (TPSA) is 51.2 Å². The Morgan fingerprint density at radius 1 is 1.17 bits per heavy atom. The van der Waals surface area contributed by atoms with Gasteiger partial charge in [0, 0.05) is 22.2 Å². The summed E-state index contributed by atoms with van der Waals surface area (Å²) in [4.78, 5) is 16.9. The fourth-order valence-corrected chi connectivity index (χ4v) is 2.63. The highest BCUT2D eigenvalue weighted by Crippen LogP contribution is 2.29. The Morgan fingerprint density at radius 3 is 2.78 bits per heavy atom. The molecule has 3 rings (SSSR count). The summed E-state index contributed by atoms with van der Waals surface area (Å²) in [7, 11) is 1.56. The second-order valence-electron chi connectivity index (χ2n) is 4.79. The molecule has 2 aromatic carbocycles. The van der Waals surface area contributed by atoms with Gasteiger partial charge in [0.1, 0.15) is 11.3 Å². The number of hydrogen-bond donors (Lipinski definition) is 1. The number of ether oxygens (including phenoxy) is 1. The number of anilines is 1. The number of pyridine rings is 1. The summed E-state index contributed by atoms with van der Waals surface area (Å²) in [5.74, 6) is 0.313. The number of rotatable bonds is 3. The first-order chi connectivity index (χ1) is 11.1. The van der Waals surface area contributed by atoms with Gasteiger partial charge in [0.15, 0.2) is 0 Å². The van der Waals surface area contributed by atoms with Crippen LogP contribution in [0, 0.1) is 0 Å². The van der Waals surface area contributed by atoms with E-state index in [0.29, 0.717) is 37.9 Å². The van der Waals surface area contributed by atoms with Gasteiger partial charge in [-0.2, -0.15) is 0 Å². The minimum absolute atomic E-state index is 0.296. The molecule has 0 radical (unpaired) electrons. The van der Waals surface area contributed by atoms with E-state index in [4.69, 9.17) is 27.9 Å². The van der Waals surface area contributed by atoms with Crippen LogP contribution in [0.4, 0.5) is 5.69 Å². The maximum atomic E-state index is 12.6. The van der Waals surface area contributed by atoms with Gasteiger partial charge in [-0.15, -0.1) is 0 Å². The van der Waals surface area contributed by atoms with Gasteiger partial charge in [0.25, 0.3) is 5.91 Å². The molecule has 1 N–H and O–H groups in total. The number of hydrogen-bond acceptors (Lipinski definition) is 3. The zero-order valence-corrected chi connectivity index (χ0v) is 13.7. The van der Waals surface area contributed by atoms with Gasteiger partial charge >= 0.3 is 0 Å². The molecule has 23 heavy (non-hydrogen) atoms. The minimum Gasteiger partial charge on any atom is -0.494 e. The van der Waals surface area contributed by atoms with E-state index in [1.54, 1.807) is 49.7 Å². The maximum Gasteiger partial charge on any atom is 0.256 e. The van der Waals surface area contributed by atoms with Crippen LogP contribution in [0.25, 0.3) is 10.9 Å². The quantitative estimate of drug-likeness (QED) is 0.740. The predicted octanol–water partition coefficient (Wildman–Crippen LogP) is 4.80. The Hall–Kier alpha value is -2.30. The summed E-state index contributed by atoms with van der Waals surface area (Å²) in [5.41, 5.74) is 1.56. The van der Waals surface area contributed by atoms with Crippen molar-refractivity contribution in [3.63, 3.8) is 0 Å². The highest BCUT2D eigenvalue weighted by atomic mass is 35.5. The van der Waals surface area contributed by atoms with E-state index in [0.717, 1.165) is 0 Å². The average molecular weight is 347 g/mol. The number of fused-ring (bicyclic) bond motifs is 1. The molecule has 3 aromatic rings. The van der Waals surface area contributed by atoms with Crippen LogP contribution in [0.15, 0.2) is 48.7 Å². The fourth-order valence-electron chi connectivity index (χ4n) is 2.29.